The molecule has 24 heavy (non-hydrogen) atoms. The van der Waals surface area contributed by atoms with Crippen molar-refractivity contribution in [3.05, 3.63) is 43.0 Å². The average Bonchev–Trinajstić information content (AvgIpc) is 2.64. The fourth-order valence-corrected chi connectivity index (χ4v) is 8.97. The number of benzene rings is 1. The van der Waals surface area contributed by atoms with Gasteiger partial charge in [0.1, 0.15) is 0 Å². The molecule has 1 nitrogen and oxygen atoms in total. The highest BCUT2D eigenvalue weighted by Gasteiger charge is 2.42. The Labute approximate surface area is 149 Å². The predicted molar refractivity (Wildman–Crippen MR) is 107 cm³/mol. The van der Waals surface area contributed by atoms with Gasteiger partial charge in [0.15, 0.2) is 0 Å². The summed E-state index contributed by atoms with van der Waals surface area (Å²) >= 11 is 0. The third kappa shape index (κ3) is 4.21. The number of aliphatic hydroxyl groups is 1. The van der Waals surface area contributed by atoms with Gasteiger partial charge in [0.05, 0.1) is 14.9 Å². The fraction of sp³-hybridized carbons (Fsp3) is 0.636. The van der Waals surface area contributed by atoms with Gasteiger partial charge in [-0.05, 0) is 69.1 Å². The molecule has 0 atom stereocenters. The highest BCUT2D eigenvalue weighted by Crippen LogP contribution is 2.51. The van der Waals surface area contributed by atoms with Gasteiger partial charge in [-0.3, -0.25) is 0 Å². The molecule has 0 radical (unpaired) electrons. The van der Waals surface area contributed by atoms with E-state index >= 15 is 0 Å². The van der Waals surface area contributed by atoms with Crippen LogP contribution in [0.3, 0.4) is 0 Å². The molecule has 2 heteroatoms. The minimum absolute atomic E-state index is 0.0264. The lowest BCUT2D eigenvalue weighted by molar-refractivity contribution is 0.0346. The molecular formula is C22H34OSi. The molecule has 0 aromatic heterocycles. The minimum Gasteiger partial charge on any atom is -0.393 e. The average molecular weight is 343 g/mol. The zero-order valence-electron chi connectivity index (χ0n) is 15.1. The third-order valence-corrected chi connectivity index (χ3v) is 10.2. The van der Waals surface area contributed by atoms with E-state index in [1.165, 1.54) is 50.6 Å². The summed E-state index contributed by atoms with van der Waals surface area (Å²) in [5, 5.41) is 11.6. The van der Waals surface area contributed by atoms with E-state index in [-0.39, 0.29) is 6.10 Å². The highest BCUT2D eigenvalue weighted by atomic mass is 28.3. The molecule has 0 amide bonds. The first kappa shape index (κ1) is 17.9. The number of unbranched alkanes of at least 4 members (excludes halogenated alkanes) is 1. The normalized spacial score (nSPS) is 34.0. The summed E-state index contributed by atoms with van der Waals surface area (Å²) in [5.41, 5.74) is 0.571. The molecule has 1 heterocycles. The Morgan fingerprint density at radius 2 is 1.75 bits per heavy atom. The SMILES string of the molecule is C=CCCCC1(C2CCC(O)CC2)CC[SiH](c2ccccc2)CC1. The lowest BCUT2D eigenvalue weighted by Gasteiger charge is -2.48. The van der Waals surface area contributed by atoms with E-state index in [0.717, 1.165) is 25.2 Å². The van der Waals surface area contributed by atoms with Crippen LogP contribution in [0.25, 0.3) is 0 Å². The van der Waals surface area contributed by atoms with E-state index in [0.29, 0.717) is 5.41 Å². The van der Waals surface area contributed by atoms with Gasteiger partial charge in [0.25, 0.3) is 0 Å². The Kier molecular flexibility index (Phi) is 6.35. The number of hydrogen-bond acceptors (Lipinski definition) is 1. The first-order chi connectivity index (χ1) is 11.7. The quantitative estimate of drug-likeness (QED) is 0.447. The van der Waals surface area contributed by atoms with Crippen LogP contribution >= 0.6 is 0 Å². The molecule has 2 aliphatic rings. The summed E-state index contributed by atoms with van der Waals surface area (Å²) in [4.78, 5) is 0. The van der Waals surface area contributed by atoms with Crippen molar-refractivity contribution in [3.63, 3.8) is 0 Å². The summed E-state index contributed by atoms with van der Waals surface area (Å²) in [5.74, 6) is 0.858. The molecule has 0 spiro atoms. The zero-order chi connectivity index (χ0) is 16.8. The molecule has 1 aromatic rings. The van der Waals surface area contributed by atoms with E-state index in [1.807, 2.05) is 0 Å². The number of aliphatic hydroxyl groups excluding tert-OH is 1. The summed E-state index contributed by atoms with van der Waals surface area (Å²) in [6.45, 7) is 3.91. The Hall–Kier alpha value is -0.863. The van der Waals surface area contributed by atoms with Gasteiger partial charge >= 0.3 is 0 Å². The molecular weight excluding hydrogens is 308 g/mol. The second kappa shape index (κ2) is 8.49. The second-order valence-electron chi connectivity index (χ2n) is 8.23. The third-order valence-electron chi connectivity index (χ3n) is 6.90. The molecule has 1 aliphatic carbocycles. The van der Waals surface area contributed by atoms with Crippen LogP contribution in [-0.4, -0.2) is 20.0 Å². The second-order valence-corrected chi connectivity index (χ2v) is 11.4. The Morgan fingerprint density at radius 1 is 1.08 bits per heavy atom. The minimum atomic E-state index is -0.744. The van der Waals surface area contributed by atoms with Crippen LogP contribution in [0.5, 0.6) is 0 Å². The lowest BCUT2D eigenvalue weighted by atomic mass is 9.63. The van der Waals surface area contributed by atoms with Gasteiger partial charge in [-0.25, -0.2) is 0 Å². The van der Waals surface area contributed by atoms with Crippen LogP contribution in [0.4, 0.5) is 0 Å². The standard InChI is InChI=1S/C22H34OSi/c1-2-3-7-14-22(19-10-12-20(23)13-11-19)15-17-24(18-16-22)21-8-5-4-6-9-21/h2,4-6,8-9,19-20,23-24H,1,3,7,10-18H2. The van der Waals surface area contributed by atoms with E-state index in [1.54, 1.807) is 5.19 Å². The highest BCUT2D eigenvalue weighted by molar-refractivity contribution is 6.73. The van der Waals surface area contributed by atoms with E-state index < -0.39 is 8.80 Å². The van der Waals surface area contributed by atoms with E-state index in [9.17, 15) is 5.11 Å². The monoisotopic (exact) mass is 342 g/mol. The maximum Gasteiger partial charge on any atom is 0.0708 e. The van der Waals surface area contributed by atoms with Crippen molar-refractivity contribution in [2.24, 2.45) is 11.3 Å². The Bertz CT molecular complexity index is 496. The summed E-state index contributed by atoms with van der Waals surface area (Å²) < 4.78 is 0. The maximum absolute atomic E-state index is 9.91. The van der Waals surface area contributed by atoms with Gasteiger partial charge < -0.3 is 5.11 Å². The fourth-order valence-electron chi connectivity index (χ4n) is 5.40. The van der Waals surface area contributed by atoms with Crippen molar-refractivity contribution in [3.8, 4) is 0 Å². The van der Waals surface area contributed by atoms with Crippen LogP contribution in [-0.2, 0) is 0 Å². The topological polar surface area (TPSA) is 20.2 Å². The van der Waals surface area contributed by atoms with Gasteiger partial charge in [0, 0.05) is 0 Å². The Balaban J connectivity index is 1.66. The summed E-state index contributed by atoms with van der Waals surface area (Å²) in [6.07, 6.45) is 13.4. The maximum atomic E-state index is 9.91. The zero-order valence-corrected chi connectivity index (χ0v) is 16.3. The molecule has 0 unspecified atom stereocenters. The molecule has 1 N–H and O–H groups in total. The van der Waals surface area contributed by atoms with Gasteiger partial charge in [-0.1, -0.05) is 53.7 Å². The van der Waals surface area contributed by atoms with Crippen molar-refractivity contribution in [1.29, 1.82) is 0 Å². The van der Waals surface area contributed by atoms with Crippen molar-refractivity contribution in [2.75, 3.05) is 0 Å². The molecule has 132 valence electrons. The molecule has 1 aromatic carbocycles. The molecule has 0 bridgehead atoms. The number of rotatable bonds is 6. The van der Waals surface area contributed by atoms with Gasteiger partial charge in [0.2, 0.25) is 0 Å². The molecule has 1 saturated heterocycles. The molecule has 2 fully saturated rings. The molecule has 1 saturated carbocycles. The Morgan fingerprint density at radius 3 is 2.38 bits per heavy atom. The lowest BCUT2D eigenvalue weighted by Crippen LogP contribution is -2.43. The molecule has 3 rings (SSSR count). The van der Waals surface area contributed by atoms with Gasteiger partial charge in [-0.15, -0.1) is 6.58 Å². The first-order valence-electron chi connectivity index (χ1n) is 10.1. The van der Waals surface area contributed by atoms with Crippen LogP contribution < -0.4 is 5.19 Å². The van der Waals surface area contributed by atoms with Crippen molar-refractivity contribution >= 4 is 14.0 Å². The van der Waals surface area contributed by atoms with Crippen LogP contribution in [0.2, 0.25) is 12.1 Å². The van der Waals surface area contributed by atoms with Crippen molar-refractivity contribution in [1.82, 2.24) is 0 Å². The first-order valence-corrected chi connectivity index (χ1v) is 12.3. The van der Waals surface area contributed by atoms with E-state index in [4.69, 9.17) is 0 Å². The van der Waals surface area contributed by atoms with Crippen molar-refractivity contribution < 1.29 is 5.11 Å². The van der Waals surface area contributed by atoms with Crippen LogP contribution in [0.1, 0.15) is 57.8 Å². The van der Waals surface area contributed by atoms with Crippen LogP contribution in [0, 0.1) is 11.3 Å². The van der Waals surface area contributed by atoms with E-state index in [2.05, 4.69) is 43.0 Å². The predicted octanol–water partition coefficient (Wildman–Crippen LogP) is 4.81. The smallest absolute Gasteiger partial charge is 0.0708 e. The summed E-state index contributed by atoms with van der Waals surface area (Å²) in [7, 11) is -0.744. The van der Waals surface area contributed by atoms with Gasteiger partial charge in [-0.2, -0.15) is 0 Å². The molecule has 1 aliphatic heterocycles. The number of hydrogen-bond donors (Lipinski definition) is 1. The van der Waals surface area contributed by atoms with Crippen molar-refractivity contribution in [2.45, 2.75) is 76.0 Å². The number of allylic oxidation sites excluding steroid dienone is 1. The largest absolute Gasteiger partial charge is 0.393 e. The van der Waals surface area contributed by atoms with Crippen LogP contribution in [0.15, 0.2) is 43.0 Å². The summed E-state index contributed by atoms with van der Waals surface area (Å²) in [6, 6.07) is 14.3.